The first-order chi connectivity index (χ1) is 14.8. The van der Waals surface area contributed by atoms with Crippen LogP contribution >= 0.6 is 0 Å². The highest BCUT2D eigenvalue weighted by atomic mass is 32.2. The van der Waals surface area contributed by atoms with Crippen molar-refractivity contribution in [1.82, 2.24) is 5.32 Å². The van der Waals surface area contributed by atoms with Crippen molar-refractivity contribution in [2.24, 2.45) is 0 Å². The number of halogens is 1. The number of anilines is 1. The Morgan fingerprint density at radius 1 is 1.06 bits per heavy atom. The molecule has 4 rings (SSSR count). The lowest BCUT2D eigenvalue weighted by Gasteiger charge is -2.34. The number of fused-ring (bicyclic) bond motifs is 1. The second-order valence-electron chi connectivity index (χ2n) is 7.27. The van der Waals surface area contributed by atoms with Gasteiger partial charge >= 0.3 is 0 Å². The maximum absolute atomic E-state index is 13.3. The topological polar surface area (TPSA) is 75.7 Å². The third-order valence-electron chi connectivity index (χ3n) is 5.02. The van der Waals surface area contributed by atoms with Gasteiger partial charge in [0.1, 0.15) is 11.6 Å². The molecule has 3 aromatic carbocycles. The van der Waals surface area contributed by atoms with Gasteiger partial charge in [-0.25, -0.2) is 12.8 Å². The summed E-state index contributed by atoms with van der Waals surface area (Å²) >= 11 is 0. The van der Waals surface area contributed by atoms with E-state index in [1.165, 1.54) is 16.4 Å². The van der Waals surface area contributed by atoms with Crippen molar-refractivity contribution in [1.29, 1.82) is 0 Å². The van der Waals surface area contributed by atoms with Gasteiger partial charge in [0.05, 0.1) is 17.1 Å². The van der Waals surface area contributed by atoms with E-state index < -0.39 is 22.0 Å². The summed E-state index contributed by atoms with van der Waals surface area (Å²) in [4.78, 5) is 12.9. The summed E-state index contributed by atoms with van der Waals surface area (Å²) in [6.45, 7) is 1.88. The van der Waals surface area contributed by atoms with Crippen molar-refractivity contribution in [2.75, 3.05) is 10.8 Å². The summed E-state index contributed by atoms with van der Waals surface area (Å²) in [5, 5.41) is 2.73. The van der Waals surface area contributed by atoms with Gasteiger partial charge < -0.3 is 10.1 Å². The van der Waals surface area contributed by atoms with Crippen molar-refractivity contribution in [2.45, 2.75) is 24.5 Å². The third-order valence-corrected chi connectivity index (χ3v) is 6.81. The van der Waals surface area contributed by atoms with Crippen LogP contribution in [0.2, 0.25) is 0 Å². The fourth-order valence-corrected chi connectivity index (χ4v) is 4.79. The van der Waals surface area contributed by atoms with Crippen LogP contribution in [0.25, 0.3) is 0 Å². The molecule has 0 fully saturated rings. The molecule has 0 saturated heterocycles. The van der Waals surface area contributed by atoms with Gasteiger partial charge in [-0.3, -0.25) is 9.10 Å². The molecule has 160 valence electrons. The second-order valence-corrected chi connectivity index (χ2v) is 9.13. The highest BCUT2D eigenvalue weighted by Gasteiger charge is 2.37. The van der Waals surface area contributed by atoms with Crippen LogP contribution in [0, 0.1) is 12.7 Å². The molecule has 3 aromatic rings. The minimum Gasteiger partial charge on any atom is -0.476 e. The first kappa shape index (κ1) is 20.9. The van der Waals surface area contributed by atoms with Crippen molar-refractivity contribution >= 4 is 21.6 Å². The van der Waals surface area contributed by atoms with Gasteiger partial charge in [0.15, 0.2) is 6.10 Å². The Labute approximate surface area is 180 Å². The van der Waals surface area contributed by atoms with Gasteiger partial charge in [-0.05, 0) is 48.9 Å². The predicted octanol–water partition coefficient (Wildman–Crippen LogP) is 3.41. The van der Waals surface area contributed by atoms with Crippen LogP contribution in [0.15, 0.2) is 77.7 Å². The molecule has 0 saturated carbocycles. The molecule has 31 heavy (non-hydrogen) atoms. The van der Waals surface area contributed by atoms with Gasteiger partial charge in [-0.15, -0.1) is 0 Å². The number of nitrogens with one attached hydrogen (secondary N) is 1. The zero-order valence-electron chi connectivity index (χ0n) is 16.8. The van der Waals surface area contributed by atoms with E-state index in [9.17, 15) is 17.6 Å². The first-order valence-corrected chi connectivity index (χ1v) is 11.2. The predicted molar refractivity (Wildman–Crippen MR) is 115 cm³/mol. The normalized spacial score (nSPS) is 15.7. The van der Waals surface area contributed by atoms with Crippen molar-refractivity contribution in [3.63, 3.8) is 0 Å². The minimum atomic E-state index is -3.90. The Morgan fingerprint density at radius 2 is 1.74 bits per heavy atom. The standard InChI is InChI=1S/C23H21FN2O4S/c1-16-6-12-19(13-7-16)31(28,29)26-15-22(30-21-5-3-2-4-20(21)26)23(27)25-14-17-8-10-18(24)11-9-17/h2-13,22H,14-15H2,1H3,(H,25,27). The highest BCUT2D eigenvalue weighted by Crippen LogP contribution is 2.36. The van der Waals surface area contributed by atoms with Crippen LogP contribution in [-0.2, 0) is 21.4 Å². The number of sulfonamides is 1. The summed E-state index contributed by atoms with van der Waals surface area (Å²) in [6.07, 6.45) is -1.03. The largest absolute Gasteiger partial charge is 0.476 e. The number of hydrogen-bond donors (Lipinski definition) is 1. The number of aryl methyl sites for hydroxylation is 1. The lowest BCUT2D eigenvalue weighted by molar-refractivity contribution is -0.127. The summed E-state index contributed by atoms with van der Waals surface area (Å²) in [5.41, 5.74) is 2.04. The fourth-order valence-electron chi connectivity index (χ4n) is 3.31. The summed E-state index contributed by atoms with van der Waals surface area (Å²) in [7, 11) is -3.90. The number of carbonyl (C=O) groups excluding carboxylic acids is 1. The molecule has 1 aliphatic rings. The highest BCUT2D eigenvalue weighted by molar-refractivity contribution is 7.92. The van der Waals surface area contributed by atoms with Crippen LogP contribution in [-0.4, -0.2) is 27.0 Å². The molecular formula is C23H21FN2O4S. The molecule has 0 bridgehead atoms. The molecule has 6 nitrogen and oxygen atoms in total. The van der Waals surface area contributed by atoms with Crippen molar-refractivity contribution < 1.29 is 22.3 Å². The minimum absolute atomic E-state index is 0.139. The monoisotopic (exact) mass is 440 g/mol. The number of carbonyl (C=O) groups is 1. The molecule has 0 aliphatic carbocycles. The summed E-state index contributed by atoms with van der Waals surface area (Å²) < 4.78 is 46.8. The fraction of sp³-hybridized carbons (Fsp3) is 0.174. The lowest BCUT2D eigenvalue weighted by atomic mass is 10.2. The van der Waals surface area contributed by atoms with E-state index in [1.54, 1.807) is 60.7 Å². The zero-order chi connectivity index (χ0) is 22.0. The molecule has 1 unspecified atom stereocenters. The van der Waals surface area contributed by atoms with Crippen LogP contribution < -0.4 is 14.4 Å². The Hall–Kier alpha value is -3.39. The third kappa shape index (κ3) is 4.39. The smallest absolute Gasteiger partial charge is 0.264 e. The molecule has 1 atom stereocenters. The van der Waals surface area contributed by atoms with Crippen LogP contribution in [0.1, 0.15) is 11.1 Å². The van der Waals surface area contributed by atoms with E-state index >= 15 is 0 Å². The molecule has 0 aromatic heterocycles. The van der Waals surface area contributed by atoms with Crippen LogP contribution in [0.5, 0.6) is 5.75 Å². The van der Waals surface area contributed by atoms with Crippen LogP contribution in [0.3, 0.4) is 0 Å². The van der Waals surface area contributed by atoms with E-state index in [4.69, 9.17) is 4.74 Å². The molecule has 0 radical (unpaired) electrons. The van der Waals surface area contributed by atoms with Gasteiger partial charge in [-0.1, -0.05) is 42.0 Å². The Bertz CT molecular complexity index is 1200. The molecule has 1 N–H and O–H groups in total. The molecule has 1 amide bonds. The number of para-hydroxylation sites is 2. The van der Waals surface area contributed by atoms with E-state index in [-0.39, 0.29) is 23.8 Å². The maximum Gasteiger partial charge on any atom is 0.264 e. The van der Waals surface area contributed by atoms with Crippen molar-refractivity contribution in [3.05, 3.63) is 89.7 Å². The number of benzene rings is 3. The molecule has 8 heteroatoms. The molecule has 1 heterocycles. The Morgan fingerprint density at radius 3 is 2.45 bits per heavy atom. The maximum atomic E-state index is 13.3. The average Bonchev–Trinajstić information content (AvgIpc) is 2.78. The summed E-state index contributed by atoms with van der Waals surface area (Å²) in [5.74, 6) is -0.506. The number of rotatable bonds is 5. The SMILES string of the molecule is Cc1ccc(S(=O)(=O)N2CC(C(=O)NCc3ccc(F)cc3)Oc3ccccc32)cc1. The quantitative estimate of drug-likeness (QED) is 0.660. The summed E-state index contributed by atoms with van der Waals surface area (Å²) in [6, 6.07) is 19.0. The van der Waals surface area contributed by atoms with Gasteiger partial charge in [0, 0.05) is 6.54 Å². The Balaban J connectivity index is 1.58. The number of ether oxygens (including phenoxy) is 1. The van der Waals surface area contributed by atoms with E-state index in [0.717, 1.165) is 11.1 Å². The van der Waals surface area contributed by atoms with Gasteiger partial charge in [-0.2, -0.15) is 0 Å². The van der Waals surface area contributed by atoms with Crippen molar-refractivity contribution in [3.8, 4) is 5.75 Å². The van der Waals surface area contributed by atoms with Gasteiger partial charge in [0.2, 0.25) is 0 Å². The molecule has 1 aliphatic heterocycles. The first-order valence-electron chi connectivity index (χ1n) is 9.72. The van der Waals surface area contributed by atoms with E-state index in [2.05, 4.69) is 5.32 Å². The number of nitrogens with zero attached hydrogens (tertiary/aromatic N) is 1. The average molecular weight is 440 g/mol. The van der Waals surface area contributed by atoms with Crippen LogP contribution in [0.4, 0.5) is 10.1 Å². The van der Waals surface area contributed by atoms with Gasteiger partial charge in [0.25, 0.3) is 15.9 Å². The lowest BCUT2D eigenvalue weighted by Crippen LogP contribution is -2.50. The zero-order valence-corrected chi connectivity index (χ0v) is 17.6. The number of amides is 1. The second kappa shape index (κ2) is 8.39. The number of hydrogen-bond acceptors (Lipinski definition) is 4. The molecular weight excluding hydrogens is 419 g/mol. The Kier molecular flexibility index (Phi) is 5.65. The van der Waals surface area contributed by atoms with E-state index in [1.807, 2.05) is 6.92 Å². The molecule has 0 spiro atoms. The van der Waals surface area contributed by atoms with E-state index in [0.29, 0.717) is 11.4 Å².